The molecular formula is C19H19F2N3O3. The van der Waals surface area contributed by atoms with Gasteiger partial charge in [0.25, 0.3) is 0 Å². The predicted octanol–water partition coefficient (Wildman–Crippen LogP) is 3.67. The summed E-state index contributed by atoms with van der Waals surface area (Å²) in [6.45, 7) is 1.81. The number of ether oxygens (including phenoxy) is 1. The summed E-state index contributed by atoms with van der Waals surface area (Å²) >= 11 is 0. The highest BCUT2D eigenvalue weighted by molar-refractivity contribution is 5.91. The van der Waals surface area contributed by atoms with Crippen molar-refractivity contribution in [2.24, 2.45) is 0 Å². The Bertz CT molecular complexity index is 988. The van der Waals surface area contributed by atoms with Crippen LogP contribution in [-0.4, -0.2) is 28.1 Å². The number of carbonyl (C=O) groups excluding carboxylic acids is 1. The van der Waals surface area contributed by atoms with Crippen LogP contribution in [0.4, 0.5) is 14.5 Å². The normalized spacial score (nSPS) is 12.2. The summed E-state index contributed by atoms with van der Waals surface area (Å²) in [4.78, 5) is 18.7. The van der Waals surface area contributed by atoms with Crippen molar-refractivity contribution in [3.05, 3.63) is 53.4 Å². The molecule has 0 aliphatic carbocycles. The van der Waals surface area contributed by atoms with Crippen LogP contribution in [-0.2, 0) is 4.79 Å². The van der Waals surface area contributed by atoms with Gasteiger partial charge in [0.2, 0.25) is 5.91 Å². The molecule has 1 aromatic carbocycles. The summed E-state index contributed by atoms with van der Waals surface area (Å²) < 4.78 is 34.3. The number of fused-ring (bicyclic) bond motifs is 1. The number of hydrogen-bond donors (Lipinski definition) is 3. The molecule has 1 unspecified atom stereocenters. The first-order valence-electron chi connectivity index (χ1n) is 8.43. The molecule has 2 aromatic heterocycles. The number of hydrogen-bond acceptors (Lipinski definition) is 4. The highest BCUT2D eigenvalue weighted by atomic mass is 19.1. The van der Waals surface area contributed by atoms with Crippen LogP contribution in [0.2, 0.25) is 0 Å². The van der Waals surface area contributed by atoms with Crippen molar-refractivity contribution in [1.82, 2.24) is 9.97 Å². The van der Waals surface area contributed by atoms with Crippen LogP contribution in [0.1, 0.15) is 37.0 Å². The molecule has 1 atom stereocenters. The Kier molecular flexibility index (Phi) is 5.36. The highest BCUT2D eigenvalue weighted by Crippen LogP contribution is 2.34. The quantitative estimate of drug-likeness (QED) is 0.613. The second-order valence-electron chi connectivity index (χ2n) is 6.04. The van der Waals surface area contributed by atoms with Crippen molar-refractivity contribution in [2.45, 2.75) is 25.9 Å². The van der Waals surface area contributed by atoms with Crippen LogP contribution in [0, 0.1) is 11.6 Å². The lowest BCUT2D eigenvalue weighted by molar-refractivity contribution is -0.116. The second kappa shape index (κ2) is 7.71. The van der Waals surface area contributed by atoms with E-state index in [1.165, 1.54) is 19.5 Å². The fourth-order valence-corrected chi connectivity index (χ4v) is 2.85. The number of amides is 1. The zero-order valence-electron chi connectivity index (χ0n) is 14.8. The van der Waals surface area contributed by atoms with E-state index in [-0.39, 0.29) is 23.6 Å². The Morgan fingerprint density at radius 1 is 1.41 bits per heavy atom. The molecule has 0 saturated carbocycles. The topological polar surface area (TPSA) is 87.2 Å². The van der Waals surface area contributed by atoms with Gasteiger partial charge in [0, 0.05) is 23.6 Å². The van der Waals surface area contributed by atoms with Gasteiger partial charge in [0.05, 0.1) is 24.6 Å². The zero-order valence-corrected chi connectivity index (χ0v) is 14.8. The molecule has 3 rings (SSSR count). The average molecular weight is 375 g/mol. The van der Waals surface area contributed by atoms with E-state index in [9.17, 15) is 18.7 Å². The van der Waals surface area contributed by atoms with Gasteiger partial charge in [-0.2, -0.15) is 0 Å². The van der Waals surface area contributed by atoms with Crippen molar-refractivity contribution in [3.8, 4) is 5.75 Å². The highest BCUT2D eigenvalue weighted by Gasteiger charge is 2.25. The molecule has 0 fully saturated rings. The largest absolute Gasteiger partial charge is 0.495 e. The molecule has 1 amide bonds. The molecule has 3 N–H and O–H groups in total. The number of rotatable bonds is 6. The summed E-state index contributed by atoms with van der Waals surface area (Å²) in [5.74, 6) is -1.88. The van der Waals surface area contributed by atoms with Crippen LogP contribution < -0.4 is 10.1 Å². The summed E-state index contributed by atoms with van der Waals surface area (Å²) in [5, 5.41) is 13.6. The fourth-order valence-electron chi connectivity index (χ4n) is 2.85. The third kappa shape index (κ3) is 3.61. The minimum atomic E-state index is -1.60. The summed E-state index contributed by atoms with van der Waals surface area (Å²) in [5.41, 5.74) is -0.0447. The summed E-state index contributed by atoms with van der Waals surface area (Å²) in [6.07, 6.45) is 2.12. The number of aromatic amines is 1. The third-order valence-electron chi connectivity index (χ3n) is 4.22. The third-order valence-corrected chi connectivity index (χ3v) is 4.22. The predicted molar refractivity (Wildman–Crippen MR) is 96.6 cm³/mol. The molecule has 27 heavy (non-hydrogen) atoms. The first-order chi connectivity index (χ1) is 13.0. The maximum absolute atomic E-state index is 14.9. The number of methoxy groups -OCH3 is 1. The van der Waals surface area contributed by atoms with Gasteiger partial charge in [-0.15, -0.1) is 0 Å². The van der Waals surface area contributed by atoms with Gasteiger partial charge >= 0.3 is 0 Å². The second-order valence-corrected chi connectivity index (χ2v) is 6.04. The standard InChI is InChI=1S/C19H19F2N3O3/c1-3-4-15(25)24-14-6-5-13(20)16(17(14)21)18(26)12-9-23-19-11(12)7-10(27-2)8-22-19/h5-9,18,26H,3-4H2,1-2H3,(H,22,23)(H,24,25). The monoisotopic (exact) mass is 375 g/mol. The van der Waals surface area contributed by atoms with Crippen molar-refractivity contribution >= 4 is 22.6 Å². The first-order valence-corrected chi connectivity index (χ1v) is 8.43. The number of carbonyl (C=O) groups is 1. The van der Waals surface area contributed by atoms with Crippen molar-refractivity contribution in [1.29, 1.82) is 0 Å². The number of aliphatic hydroxyl groups is 1. The molecule has 0 radical (unpaired) electrons. The Morgan fingerprint density at radius 3 is 2.89 bits per heavy atom. The Labute approximate surface area is 154 Å². The molecule has 0 aliphatic heterocycles. The molecule has 2 heterocycles. The van der Waals surface area contributed by atoms with E-state index in [0.717, 1.165) is 12.1 Å². The van der Waals surface area contributed by atoms with Gasteiger partial charge in [-0.3, -0.25) is 4.79 Å². The molecule has 3 aromatic rings. The van der Waals surface area contributed by atoms with E-state index in [0.29, 0.717) is 23.2 Å². The fraction of sp³-hybridized carbons (Fsp3) is 0.263. The smallest absolute Gasteiger partial charge is 0.224 e. The molecule has 8 heteroatoms. The molecule has 0 saturated heterocycles. The van der Waals surface area contributed by atoms with Crippen molar-refractivity contribution in [2.75, 3.05) is 12.4 Å². The van der Waals surface area contributed by atoms with E-state index in [4.69, 9.17) is 4.74 Å². The van der Waals surface area contributed by atoms with Crippen LogP contribution in [0.25, 0.3) is 11.0 Å². The van der Waals surface area contributed by atoms with Crippen molar-refractivity contribution in [3.63, 3.8) is 0 Å². The van der Waals surface area contributed by atoms with Gasteiger partial charge in [-0.25, -0.2) is 13.8 Å². The number of pyridine rings is 1. The number of benzene rings is 1. The molecule has 0 aliphatic rings. The molecule has 0 bridgehead atoms. The van der Waals surface area contributed by atoms with Gasteiger partial charge in [-0.05, 0) is 24.6 Å². The van der Waals surface area contributed by atoms with Crippen LogP contribution in [0.5, 0.6) is 5.75 Å². The van der Waals surface area contributed by atoms with Gasteiger partial charge in [0.15, 0.2) is 5.82 Å². The maximum Gasteiger partial charge on any atom is 0.224 e. The van der Waals surface area contributed by atoms with Crippen LogP contribution >= 0.6 is 0 Å². The van der Waals surface area contributed by atoms with E-state index in [2.05, 4.69) is 15.3 Å². The Morgan fingerprint density at radius 2 is 2.19 bits per heavy atom. The number of nitrogens with one attached hydrogen (secondary N) is 2. The molecular weight excluding hydrogens is 356 g/mol. The molecule has 0 spiro atoms. The average Bonchev–Trinajstić information content (AvgIpc) is 3.07. The number of aromatic nitrogens is 2. The van der Waals surface area contributed by atoms with Crippen LogP contribution in [0.15, 0.2) is 30.6 Å². The zero-order chi connectivity index (χ0) is 19.6. The lowest BCUT2D eigenvalue weighted by Crippen LogP contribution is -2.14. The minimum absolute atomic E-state index is 0.181. The maximum atomic E-state index is 14.9. The first kappa shape index (κ1) is 18.8. The van der Waals surface area contributed by atoms with Gasteiger partial charge in [0.1, 0.15) is 23.3 Å². The Hall–Kier alpha value is -3.00. The molecule has 6 nitrogen and oxygen atoms in total. The molecule has 142 valence electrons. The summed E-state index contributed by atoms with van der Waals surface area (Å²) in [6, 6.07) is 3.76. The van der Waals surface area contributed by atoms with E-state index >= 15 is 0 Å². The van der Waals surface area contributed by atoms with Gasteiger partial charge in [-0.1, -0.05) is 6.92 Å². The number of H-pyrrole nitrogens is 1. The SMILES string of the molecule is CCCC(=O)Nc1ccc(F)c(C(O)c2c[nH]c3ncc(OC)cc23)c1F. The van der Waals surface area contributed by atoms with Crippen LogP contribution in [0.3, 0.4) is 0 Å². The van der Waals surface area contributed by atoms with E-state index < -0.39 is 23.3 Å². The number of nitrogens with zero attached hydrogens (tertiary/aromatic N) is 1. The van der Waals surface area contributed by atoms with Crippen molar-refractivity contribution < 1.29 is 23.4 Å². The number of halogens is 2. The summed E-state index contributed by atoms with van der Waals surface area (Å²) in [7, 11) is 1.47. The minimum Gasteiger partial charge on any atom is -0.495 e. The van der Waals surface area contributed by atoms with E-state index in [1.807, 2.05) is 6.92 Å². The lowest BCUT2D eigenvalue weighted by Gasteiger charge is -2.15. The number of anilines is 1. The number of aliphatic hydroxyl groups excluding tert-OH is 1. The van der Waals surface area contributed by atoms with E-state index in [1.54, 1.807) is 6.07 Å². The van der Waals surface area contributed by atoms with Gasteiger partial charge < -0.3 is 20.1 Å². The lowest BCUT2D eigenvalue weighted by atomic mass is 9.99. The Balaban J connectivity index is 2.04.